The van der Waals surface area contributed by atoms with Gasteiger partial charge in [-0.15, -0.1) is 0 Å². The second-order valence-corrected chi connectivity index (χ2v) is 7.28. The number of rotatable bonds is 4. The van der Waals surface area contributed by atoms with Gasteiger partial charge in [-0.25, -0.2) is 0 Å². The molecule has 0 bridgehead atoms. The summed E-state index contributed by atoms with van der Waals surface area (Å²) in [4.78, 5) is 27.8. The number of anilines is 2. The summed E-state index contributed by atoms with van der Waals surface area (Å²) in [6.45, 7) is 2.14. The second kappa shape index (κ2) is 8.29. The van der Waals surface area contributed by atoms with Gasteiger partial charge >= 0.3 is 0 Å². The number of hydrogen-bond acceptors (Lipinski definition) is 4. The van der Waals surface area contributed by atoms with Gasteiger partial charge in [0.15, 0.2) is 6.61 Å². The van der Waals surface area contributed by atoms with Crippen LogP contribution in [0.4, 0.5) is 11.4 Å². The van der Waals surface area contributed by atoms with E-state index in [2.05, 4.69) is 5.32 Å². The van der Waals surface area contributed by atoms with Gasteiger partial charge in [-0.1, -0.05) is 48.5 Å². The number of nitrogens with one attached hydrogen (secondary N) is 1. The minimum absolute atomic E-state index is 0.123. The Labute approximate surface area is 175 Å². The van der Waals surface area contributed by atoms with Gasteiger partial charge in [0.05, 0.1) is 6.54 Å². The fraction of sp³-hybridized carbons (Fsp3) is 0.167. The van der Waals surface area contributed by atoms with Crippen molar-refractivity contribution in [2.24, 2.45) is 0 Å². The van der Waals surface area contributed by atoms with Crippen molar-refractivity contribution in [2.45, 2.75) is 19.5 Å². The molecule has 0 aliphatic carbocycles. The lowest BCUT2D eigenvalue weighted by Gasteiger charge is -2.28. The zero-order valence-corrected chi connectivity index (χ0v) is 16.7. The van der Waals surface area contributed by atoms with Gasteiger partial charge in [0.1, 0.15) is 11.8 Å². The summed E-state index contributed by atoms with van der Waals surface area (Å²) in [5.74, 6) is 0.00130. The average Bonchev–Trinajstić information content (AvgIpc) is 2.93. The first kappa shape index (κ1) is 19.5. The number of carbonyl (C=O) groups is 2. The van der Waals surface area contributed by atoms with E-state index in [1.165, 1.54) is 0 Å². The lowest BCUT2D eigenvalue weighted by atomic mass is 10.0. The van der Waals surface area contributed by atoms with E-state index in [0.29, 0.717) is 29.2 Å². The number of aryl methyl sites for hydroxylation is 1. The number of nitrogens with zero attached hydrogens (tertiary/aromatic N) is 1. The van der Waals surface area contributed by atoms with Crippen LogP contribution in [-0.4, -0.2) is 18.4 Å². The van der Waals surface area contributed by atoms with Crippen LogP contribution in [0.1, 0.15) is 22.7 Å². The molecule has 0 saturated heterocycles. The van der Waals surface area contributed by atoms with Crippen molar-refractivity contribution in [3.63, 3.8) is 0 Å². The fourth-order valence-corrected chi connectivity index (χ4v) is 3.59. The quantitative estimate of drug-likeness (QED) is 0.657. The molecule has 3 aromatic carbocycles. The number of nitrogens with two attached hydrogens (primary N) is 1. The van der Waals surface area contributed by atoms with Crippen LogP contribution in [0.25, 0.3) is 0 Å². The Morgan fingerprint density at radius 1 is 1.07 bits per heavy atom. The molecule has 3 N–H and O–H groups in total. The Kier molecular flexibility index (Phi) is 5.39. The van der Waals surface area contributed by atoms with E-state index in [1.54, 1.807) is 17.0 Å². The second-order valence-electron chi connectivity index (χ2n) is 7.28. The molecule has 0 fully saturated rings. The van der Waals surface area contributed by atoms with Gasteiger partial charge in [0.2, 0.25) is 0 Å². The average molecular weight is 401 g/mol. The predicted octanol–water partition coefficient (Wildman–Crippen LogP) is 3.36. The summed E-state index contributed by atoms with van der Waals surface area (Å²) in [6, 6.07) is 21.6. The van der Waals surface area contributed by atoms with E-state index in [-0.39, 0.29) is 18.4 Å². The SMILES string of the molecule is Cc1cccc2c1OCC(=O)NC2C(=O)N(Cc1ccccc1)c1ccc(N)cc1. The molecule has 30 heavy (non-hydrogen) atoms. The minimum Gasteiger partial charge on any atom is -0.483 e. The molecule has 4 rings (SSSR count). The Balaban J connectivity index is 1.76. The van der Waals surface area contributed by atoms with Crippen LogP contribution in [0.3, 0.4) is 0 Å². The highest BCUT2D eigenvalue weighted by Crippen LogP contribution is 2.33. The zero-order valence-electron chi connectivity index (χ0n) is 16.7. The predicted molar refractivity (Wildman–Crippen MR) is 116 cm³/mol. The van der Waals surface area contributed by atoms with Crippen molar-refractivity contribution in [1.82, 2.24) is 5.32 Å². The highest BCUT2D eigenvalue weighted by Gasteiger charge is 2.33. The molecule has 6 heteroatoms. The third-order valence-corrected chi connectivity index (χ3v) is 5.11. The summed E-state index contributed by atoms with van der Waals surface area (Å²) < 4.78 is 5.69. The van der Waals surface area contributed by atoms with Gasteiger partial charge in [-0.05, 0) is 42.3 Å². The number of fused-ring (bicyclic) bond motifs is 1. The Morgan fingerprint density at radius 3 is 2.53 bits per heavy atom. The van der Waals surface area contributed by atoms with Crippen molar-refractivity contribution < 1.29 is 14.3 Å². The van der Waals surface area contributed by atoms with E-state index < -0.39 is 6.04 Å². The lowest BCUT2D eigenvalue weighted by molar-refractivity contribution is -0.128. The first-order valence-corrected chi connectivity index (χ1v) is 9.75. The van der Waals surface area contributed by atoms with Crippen molar-refractivity contribution in [2.75, 3.05) is 17.2 Å². The normalized spacial score (nSPS) is 15.4. The number of amides is 2. The molecule has 0 saturated carbocycles. The topological polar surface area (TPSA) is 84.7 Å². The highest BCUT2D eigenvalue weighted by molar-refractivity contribution is 6.00. The number of ether oxygens (including phenoxy) is 1. The summed E-state index contributed by atoms with van der Waals surface area (Å²) in [6.07, 6.45) is 0. The molecule has 1 aliphatic heterocycles. The van der Waals surface area contributed by atoms with Crippen LogP contribution in [0.2, 0.25) is 0 Å². The zero-order chi connectivity index (χ0) is 21.1. The molecule has 1 atom stereocenters. The number of carbonyl (C=O) groups excluding carboxylic acids is 2. The molecule has 0 spiro atoms. The molecule has 0 aromatic heterocycles. The van der Waals surface area contributed by atoms with Gasteiger partial charge in [-0.3, -0.25) is 9.59 Å². The van der Waals surface area contributed by atoms with E-state index >= 15 is 0 Å². The Bertz CT molecular complexity index is 1060. The third kappa shape index (κ3) is 3.98. The molecule has 3 aromatic rings. The molecule has 6 nitrogen and oxygen atoms in total. The van der Waals surface area contributed by atoms with Crippen molar-refractivity contribution in [1.29, 1.82) is 0 Å². The van der Waals surface area contributed by atoms with E-state index in [0.717, 1.165) is 11.1 Å². The van der Waals surface area contributed by atoms with Crippen LogP contribution < -0.4 is 20.7 Å². The maximum atomic E-state index is 13.8. The maximum Gasteiger partial charge on any atom is 0.258 e. The maximum absolute atomic E-state index is 13.8. The highest BCUT2D eigenvalue weighted by atomic mass is 16.5. The first-order chi connectivity index (χ1) is 14.5. The molecule has 1 heterocycles. The fourth-order valence-electron chi connectivity index (χ4n) is 3.59. The standard InChI is InChI=1S/C24H23N3O3/c1-16-6-5-9-20-22(26-21(28)15-30-23(16)20)24(29)27(14-17-7-3-2-4-8-17)19-12-10-18(25)11-13-19/h2-13,22H,14-15,25H2,1H3,(H,26,28). The van der Waals surface area contributed by atoms with Crippen molar-refractivity contribution in [3.05, 3.63) is 89.5 Å². The summed E-state index contributed by atoms with van der Waals surface area (Å²) in [5, 5.41) is 2.83. The molecular formula is C24H23N3O3. The van der Waals surface area contributed by atoms with Crippen LogP contribution >= 0.6 is 0 Å². The monoisotopic (exact) mass is 401 g/mol. The summed E-state index contributed by atoms with van der Waals surface area (Å²) in [7, 11) is 0. The van der Waals surface area contributed by atoms with E-state index in [1.807, 2.05) is 67.6 Å². The smallest absolute Gasteiger partial charge is 0.258 e. The number of hydrogen-bond donors (Lipinski definition) is 2. The Morgan fingerprint density at radius 2 is 1.80 bits per heavy atom. The lowest BCUT2D eigenvalue weighted by Crippen LogP contribution is -2.43. The minimum atomic E-state index is -0.851. The summed E-state index contributed by atoms with van der Waals surface area (Å²) in [5.41, 5.74) is 9.66. The molecule has 152 valence electrons. The van der Waals surface area contributed by atoms with Gasteiger partial charge in [0, 0.05) is 16.9 Å². The molecule has 0 radical (unpaired) electrons. The third-order valence-electron chi connectivity index (χ3n) is 5.11. The van der Waals surface area contributed by atoms with Crippen LogP contribution in [0, 0.1) is 6.92 Å². The molecule has 1 aliphatic rings. The first-order valence-electron chi connectivity index (χ1n) is 9.75. The van der Waals surface area contributed by atoms with Gasteiger partial charge in [0.25, 0.3) is 11.8 Å². The van der Waals surface area contributed by atoms with Gasteiger partial charge < -0.3 is 20.7 Å². The number of para-hydroxylation sites is 1. The largest absolute Gasteiger partial charge is 0.483 e. The van der Waals surface area contributed by atoms with Crippen molar-refractivity contribution >= 4 is 23.2 Å². The van der Waals surface area contributed by atoms with E-state index in [9.17, 15) is 9.59 Å². The summed E-state index contributed by atoms with van der Waals surface area (Å²) >= 11 is 0. The molecule has 1 unspecified atom stereocenters. The van der Waals surface area contributed by atoms with Crippen LogP contribution in [0.15, 0.2) is 72.8 Å². The number of nitrogen functional groups attached to an aromatic ring is 1. The van der Waals surface area contributed by atoms with Gasteiger partial charge in [-0.2, -0.15) is 0 Å². The van der Waals surface area contributed by atoms with E-state index in [4.69, 9.17) is 10.5 Å². The van der Waals surface area contributed by atoms with Crippen molar-refractivity contribution in [3.8, 4) is 5.75 Å². The molecule has 2 amide bonds. The molecular weight excluding hydrogens is 378 g/mol. The van der Waals surface area contributed by atoms with Crippen LogP contribution in [-0.2, 0) is 16.1 Å². The van der Waals surface area contributed by atoms with Crippen LogP contribution in [0.5, 0.6) is 5.75 Å². The number of benzene rings is 3. The Hall–Kier alpha value is -3.80.